The van der Waals surface area contributed by atoms with E-state index in [1.54, 1.807) is 0 Å². The average molecular weight is 230 g/mol. The zero-order valence-electron chi connectivity index (χ0n) is 10.8. The molecule has 1 aliphatic carbocycles. The van der Waals surface area contributed by atoms with Gasteiger partial charge in [-0.2, -0.15) is 0 Å². The second-order valence-electron chi connectivity index (χ2n) is 6.01. The molecule has 1 aromatic rings. The molecule has 2 nitrogen and oxygen atoms in total. The van der Waals surface area contributed by atoms with Crippen LogP contribution in [0.3, 0.4) is 0 Å². The fourth-order valence-corrected chi connectivity index (χ4v) is 3.44. The lowest BCUT2D eigenvalue weighted by molar-refractivity contribution is 0.266. The maximum absolute atomic E-state index is 3.81. The van der Waals surface area contributed by atoms with E-state index in [4.69, 9.17) is 0 Å². The van der Waals surface area contributed by atoms with Gasteiger partial charge in [-0.25, -0.2) is 0 Å². The van der Waals surface area contributed by atoms with Gasteiger partial charge >= 0.3 is 0 Å². The number of hydrogen-bond donors (Lipinski definition) is 2. The first-order valence-corrected chi connectivity index (χ1v) is 6.80. The Morgan fingerprint density at radius 2 is 2.18 bits per heavy atom. The highest BCUT2D eigenvalue weighted by molar-refractivity contribution is 5.73. The maximum atomic E-state index is 3.81. The molecule has 1 spiro atoms. The van der Waals surface area contributed by atoms with Crippen LogP contribution in [0.5, 0.6) is 0 Å². The molecule has 1 fully saturated rings. The van der Waals surface area contributed by atoms with Gasteiger partial charge in [0.2, 0.25) is 0 Å². The summed E-state index contributed by atoms with van der Waals surface area (Å²) in [4.78, 5) is 0. The molecular weight excluding hydrogens is 208 g/mol. The Morgan fingerprint density at radius 1 is 1.29 bits per heavy atom. The fraction of sp³-hybridized carbons (Fsp3) is 0.600. The van der Waals surface area contributed by atoms with Gasteiger partial charge in [0.1, 0.15) is 0 Å². The molecule has 1 heterocycles. The lowest BCUT2D eigenvalue weighted by atomic mass is 9.75. The lowest BCUT2D eigenvalue weighted by Crippen LogP contribution is -2.50. The number of aryl methyl sites for hydroxylation is 1. The summed E-state index contributed by atoms with van der Waals surface area (Å²) >= 11 is 0. The molecule has 2 heteroatoms. The third kappa shape index (κ3) is 2.01. The van der Waals surface area contributed by atoms with Gasteiger partial charge in [0.05, 0.1) is 16.9 Å². The molecule has 0 bridgehead atoms. The van der Waals surface area contributed by atoms with E-state index < -0.39 is 0 Å². The molecule has 92 valence electrons. The smallest absolute Gasteiger partial charge is 0.0581 e. The molecule has 0 aromatic heterocycles. The molecule has 1 saturated carbocycles. The Balaban J connectivity index is 1.86. The monoisotopic (exact) mass is 230 g/mol. The van der Waals surface area contributed by atoms with Gasteiger partial charge in [-0.1, -0.05) is 25.8 Å². The van der Waals surface area contributed by atoms with Gasteiger partial charge in [-0.05, 0) is 43.4 Å². The summed E-state index contributed by atoms with van der Waals surface area (Å²) in [5, 5.41) is 7.43. The zero-order chi connectivity index (χ0) is 11.9. The van der Waals surface area contributed by atoms with Crippen molar-refractivity contribution in [3.63, 3.8) is 0 Å². The summed E-state index contributed by atoms with van der Waals surface area (Å²) < 4.78 is 0. The number of nitrogens with one attached hydrogen (secondary N) is 2. The molecule has 1 aliphatic heterocycles. The van der Waals surface area contributed by atoms with Gasteiger partial charge in [-0.15, -0.1) is 0 Å². The molecule has 0 radical (unpaired) electrons. The van der Waals surface area contributed by atoms with Crippen LogP contribution in [0.4, 0.5) is 11.4 Å². The van der Waals surface area contributed by atoms with Crippen molar-refractivity contribution in [2.75, 3.05) is 17.2 Å². The van der Waals surface area contributed by atoms with Crippen molar-refractivity contribution in [1.29, 1.82) is 0 Å². The van der Waals surface area contributed by atoms with Crippen molar-refractivity contribution in [3.05, 3.63) is 23.8 Å². The molecule has 2 aliphatic rings. The highest BCUT2D eigenvalue weighted by Crippen LogP contribution is 2.40. The third-order valence-electron chi connectivity index (χ3n) is 4.28. The highest BCUT2D eigenvalue weighted by atomic mass is 15.1. The Kier molecular flexibility index (Phi) is 2.53. The van der Waals surface area contributed by atoms with Crippen LogP contribution in [0.1, 0.15) is 38.2 Å². The standard InChI is InChI=1S/C15H22N2/c1-11-5-6-13-14(8-11)16-10-15(17-13)7-3-4-12(2)9-15/h5-6,8,12,16-17H,3-4,7,9-10H2,1-2H3. The summed E-state index contributed by atoms with van der Waals surface area (Å²) in [6.45, 7) is 5.61. The third-order valence-corrected chi connectivity index (χ3v) is 4.28. The quantitative estimate of drug-likeness (QED) is 0.708. The zero-order valence-corrected chi connectivity index (χ0v) is 10.8. The second kappa shape index (κ2) is 3.94. The van der Waals surface area contributed by atoms with Gasteiger partial charge in [0.25, 0.3) is 0 Å². The minimum atomic E-state index is 0.305. The van der Waals surface area contributed by atoms with Crippen LogP contribution in [0.2, 0.25) is 0 Å². The minimum absolute atomic E-state index is 0.305. The predicted molar refractivity (Wildman–Crippen MR) is 73.7 cm³/mol. The normalized spacial score (nSPS) is 31.5. The topological polar surface area (TPSA) is 24.1 Å². The highest BCUT2D eigenvalue weighted by Gasteiger charge is 2.37. The molecule has 3 rings (SSSR count). The Bertz CT molecular complexity index is 427. The SMILES string of the molecule is Cc1ccc2c(c1)NCC1(CCCC(C)C1)N2. The second-order valence-corrected chi connectivity index (χ2v) is 6.01. The van der Waals surface area contributed by atoms with E-state index in [-0.39, 0.29) is 0 Å². The first-order valence-electron chi connectivity index (χ1n) is 6.80. The van der Waals surface area contributed by atoms with Crippen molar-refractivity contribution in [2.24, 2.45) is 5.92 Å². The van der Waals surface area contributed by atoms with Crippen LogP contribution in [-0.4, -0.2) is 12.1 Å². The molecule has 1 aromatic carbocycles. The van der Waals surface area contributed by atoms with Crippen molar-refractivity contribution < 1.29 is 0 Å². The maximum Gasteiger partial charge on any atom is 0.0581 e. The van der Waals surface area contributed by atoms with Crippen molar-refractivity contribution >= 4 is 11.4 Å². The first-order chi connectivity index (χ1) is 8.17. The Labute approximate surface area is 104 Å². The van der Waals surface area contributed by atoms with Crippen molar-refractivity contribution in [3.8, 4) is 0 Å². The summed E-state index contributed by atoms with van der Waals surface area (Å²) in [6, 6.07) is 6.65. The lowest BCUT2D eigenvalue weighted by Gasteiger charge is -2.45. The number of rotatable bonds is 0. The molecular formula is C15H22N2. The largest absolute Gasteiger partial charge is 0.381 e. The summed E-state index contributed by atoms with van der Waals surface area (Å²) in [5.41, 5.74) is 4.19. The van der Waals surface area contributed by atoms with E-state index in [2.05, 4.69) is 42.7 Å². The van der Waals surface area contributed by atoms with E-state index >= 15 is 0 Å². The van der Waals surface area contributed by atoms with E-state index in [1.807, 2.05) is 0 Å². The van der Waals surface area contributed by atoms with E-state index in [0.29, 0.717) is 5.54 Å². The Hall–Kier alpha value is -1.18. The van der Waals surface area contributed by atoms with E-state index in [9.17, 15) is 0 Å². The number of anilines is 2. The fourth-order valence-electron chi connectivity index (χ4n) is 3.44. The Morgan fingerprint density at radius 3 is 3.00 bits per heavy atom. The predicted octanol–water partition coefficient (Wildman–Crippen LogP) is 3.78. The van der Waals surface area contributed by atoms with Crippen molar-refractivity contribution in [1.82, 2.24) is 0 Å². The van der Waals surface area contributed by atoms with Crippen LogP contribution in [0, 0.1) is 12.8 Å². The molecule has 17 heavy (non-hydrogen) atoms. The molecule has 0 amide bonds. The number of hydrogen-bond acceptors (Lipinski definition) is 2. The van der Waals surface area contributed by atoms with Crippen LogP contribution in [0.25, 0.3) is 0 Å². The van der Waals surface area contributed by atoms with Crippen molar-refractivity contribution in [2.45, 2.75) is 45.1 Å². The minimum Gasteiger partial charge on any atom is -0.381 e. The molecule has 2 N–H and O–H groups in total. The average Bonchev–Trinajstić information content (AvgIpc) is 2.30. The molecule has 2 atom stereocenters. The molecule has 2 unspecified atom stereocenters. The van der Waals surface area contributed by atoms with Crippen LogP contribution in [0.15, 0.2) is 18.2 Å². The summed E-state index contributed by atoms with van der Waals surface area (Å²) in [6.07, 6.45) is 5.35. The molecule has 0 saturated heterocycles. The number of benzene rings is 1. The number of fused-ring (bicyclic) bond motifs is 1. The van der Waals surface area contributed by atoms with Crippen LogP contribution >= 0.6 is 0 Å². The van der Waals surface area contributed by atoms with Gasteiger partial charge < -0.3 is 10.6 Å². The summed E-state index contributed by atoms with van der Waals surface area (Å²) in [5.74, 6) is 0.852. The van der Waals surface area contributed by atoms with Gasteiger partial charge in [0.15, 0.2) is 0 Å². The van der Waals surface area contributed by atoms with E-state index in [0.717, 1.165) is 12.5 Å². The van der Waals surface area contributed by atoms with Gasteiger partial charge in [-0.3, -0.25) is 0 Å². The summed E-state index contributed by atoms with van der Waals surface area (Å²) in [7, 11) is 0. The van der Waals surface area contributed by atoms with Crippen LogP contribution in [-0.2, 0) is 0 Å². The van der Waals surface area contributed by atoms with Gasteiger partial charge in [0, 0.05) is 6.54 Å². The van der Waals surface area contributed by atoms with Crippen LogP contribution < -0.4 is 10.6 Å². The van der Waals surface area contributed by atoms with E-state index in [1.165, 1.54) is 42.6 Å². The first kappa shape index (κ1) is 10.9.